The van der Waals surface area contributed by atoms with E-state index in [2.05, 4.69) is 11.0 Å². The van der Waals surface area contributed by atoms with E-state index in [1.807, 2.05) is 12.1 Å². The lowest BCUT2D eigenvalue weighted by Crippen LogP contribution is -2.37. The summed E-state index contributed by atoms with van der Waals surface area (Å²) in [6.45, 7) is 2.13. The Bertz CT molecular complexity index is 465. The Morgan fingerprint density at radius 2 is 2.16 bits per heavy atom. The third kappa shape index (κ3) is 3.38. The van der Waals surface area contributed by atoms with Crippen LogP contribution in [0, 0.1) is 11.3 Å². The van der Waals surface area contributed by atoms with Crippen LogP contribution in [0.15, 0.2) is 18.2 Å². The second-order valence-electron chi connectivity index (χ2n) is 4.53. The number of hydrogen-bond donors (Lipinski definition) is 1. The molecule has 4 nitrogen and oxygen atoms in total. The van der Waals surface area contributed by atoms with Crippen LogP contribution < -0.4 is 4.90 Å². The second kappa shape index (κ2) is 6.76. The van der Waals surface area contributed by atoms with Crippen LogP contribution >= 0.6 is 11.6 Å². The van der Waals surface area contributed by atoms with Crippen LogP contribution in [0.2, 0.25) is 5.02 Å². The fourth-order valence-electron chi connectivity index (χ4n) is 2.37. The van der Waals surface area contributed by atoms with E-state index in [0.29, 0.717) is 17.2 Å². The Morgan fingerprint density at radius 3 is 2.79 bits per heavy atom. The van der Waals surface area contributed by atoms with Crippen LogP contribution in [0.25, 0.3) is 0 Å². The molecule has 0 amide bonds. The summed E-state index contributed by atoms with van der Waals surface area (Å²) in [5.41, 5.74) is 1.44. The van der Waals surface area contributed by atoms with Gasteiger partial charge in [-0.1, -0.05) is 17.7 Å². The molecule has 0 radical (unpaired) electrons. The highest BCUT2D eigenvalue weighted by atomic mass is 35.5. The zero-order valence-corrected chi connectivity index (χ0v) is 11.4. The quantitative estimate of drug-likeness (QED) is 0.918. The predicted octanol–water partition coefficient (Wildman–Crippen LogP) is 2.19. The molecule has 1 heterocycles. The van der Waals surface area contributed by atoms with Gasteiger partial charge in [-0.05, 0) is 25.0 Å². The summed E-state index contributed by atoms with van der Waals surface area (Å²) < 4.78 is 5.53. The smallest absolute Gasteiger partial charge is 0.103 e. The Morgan fingerprint density at radius 1 is 1.42 bits per heavy atom. The van der Waals surface area contributed by atoms with Crippen LogP contribution in [0.1, 0.15) is 18.4 Å². The number of nitrogens with zero attached hydrogens (tertiary/aromatic N) is 2. The highest BCUT2D eigenvalue weighted by Crippen LogP contribution is 2.29. The molecular weight excluding hydrogens is 264 g/mol. The maximum atomic E-state index is 9.18. The largest absolute Gasteiger partial charge is 0.394 e. The molecule has 0 atom stereocenters. The first kappa shape index (κ1) is 14.1. The number of hydrogen-bond acceptors (Lipinski definition) is 4. The molecule has 1 N–H and O–H groups in total. The van der Waals surface area contributed by atoms with Gasteiger partial charge in [0.2, 0.25) is 0 Å². The zero-order chi connectivity index (χ0) is 13.7. The summed E-state index contributed by atoms with van der Waals surface area (Å²) >= 11 is 6.04. The number of nitriles is 1. The fraction of sp³-hybridized carbons (Fsp3) is 0.500. The summed E-state index contributed by atoms with van der Waals surface area (Å²) in [5.74, 6) is 0. The first-order valence-corrected chi connectivity index (χ1v) is 6.80. The van der Waals surface area contributed by atoms with Crippen LogP contribution in [-0.2, 0) is 4.74 Å². The lowest BCUT2D eigenvalue weighted by Gasteiger charge is -2.34. The summed E-state index contributed by atoms with van der Waals surface area (Å²) in [4.78, 5) is 2.17. The standard InChI is InChI=1S/C14H17ClN2O2/c15-13-2-1-3-14(12(13)10-16)17-6-4-11(5-7-17)19-9-8-18/h1-3,11,18H,4-9H2. The average molecular weight is 281 g/mol. The molecule has 102 valence electrons. The molecule has 19 heavy (non-hydrogen) atoms. The number of aliphatic hydroxyl groups excluding tert-OH is 1. The average Bonchev–Trinajstić information content (AvgIpc) is 2.45. The van der Waals surface area contributed by atoms with Gasteiger partial charge in [0, 0.05) is 13.1 Å². The number of benzene rings is 1. The van der Waals surface area contributed by atoms with Crippen molar-refractivity contribution in [3.05, 3.63) is 28.8 Å². The number of piperidine rings is 1. The summed E-state index contributed by atoms with van der Waals surface area (Å²) in [6.07, 6.45) is 2.00. The SMILES string of the molecule is N#Cc1c(Cl)cccc1N1CCC(OCCO)CC1. The molecule has 2 rings (SSSR count). The van der Waals surface area contributed by atoms with Crippen molar-refractivity contribution in [2.75, 3.05) is 31.2 Å². The van der Waals surface area contributed by atoms with Gasteiger partial charge in [0.15, 0.2) is 0 Å². The molecule has 0 saturated carbocycles. The van der Waals surface area contributed by atoms with Crippen molar-refractivity contribution >= 4 is 17.3 Å². The second-order valence-corrected chi connectivity index (χ2v) is 4.93. The van der Waals surface area contributed by atoms with Gasteiger partial charge >= 0.3 is 0 Å². The Labute approximate surface area is 118 Å². The van der Waals surface area contributed by atoms with Crippen molar-refractivity contribution in [3.8, 4) is 6.07 Å². The van der Waals surface area contributed by atoms with Crippen molar-refractivity contribution in [2.24, 2.45) is 0 Å². The van der Waals surface area contributed by atoms with Crippen molar-refractivity contribution in [2.45, 2.75) is 18.9 Å². The van der Waals surface area contributed by atoms with E-state index in [4.69, 9.17) is 21.4 Å². The van der Waals surface area contributed by atoms with Gasteiger partial charge in [-0.15, -0.1) is 0 Å². The summed E-state index contributed by atoms with van der Waals surface area (Å²) in [5, 5.41) is 18.4. The topological polar surface area (TPSA) is 56.5 Å². The zero-order valence-electron chi connectivity index (χ0n) is 10.7. The van der Waals surface area contributed by atoms with E-state index in [1.165, 1.54) is 0 Å². The van der Waals surface area contributed by atoms with Crippen molar-refractivity contribution < 1.29 is 9.84 Å². The van der Waals surface area contributed by atoms with E-state index in [9.17, 15) is 5.26 Å². The van der Waals surface area contributed by atoms with E-state index in [0.717, 1.165) is 31.6 Å². The van der Waals surface area contributed by atoms with Crippen molar-refractivity contribution in [1.29, 1.82) is 5.26 Å². The van der Waals surface area contributed by atoms with Gasteiger partial charge in [0.05, 0.1) is 35.6 Å². The number of halogens is 1. The van der Waals surface area contributed by atoms with Gasteiger partial charge in [0.1, 0.15) is 6.07 Å². The molecule has 1 fully saturated rings. The third-order valence-electron chi connectivity index (χ3n) is 3.33. The van der Waals surface area contributed by atoms with Crippen molar-refractivity contribution in [1.82, 2.24) is 0 Å². The minimum absolute atomic E-state index is 0.0626. The highest BCUT2D eigenvalue weighted by Gasteiger charge is 2.22. The summed E-state index contributed by atoms with van der Waals surface area (Å²) in [7, 11) is 0. The van der Waals surface area contributed by atoms with Crippen LogP contribution in [0.4, 0.5) is 5.69 Å². The maximum absolute atomic E-state index is 9.18. The molecule has 1 saturated heterocycles. The van der Waals surface area contributed by atoms with E-state index >= 15 is 0 Å². The Kier molecular flexibility index (Phi) is 5.03. The molecule has 0 bridgehead atoms. The van der Waals surface area contributed by atoms with Crippen LogP contribution in [-0.4, -0.2) is 37.5 Å². The van der Waals surface area contributed by atoms with Gasteiger partial charge < -0.3 is 14.7 Å². The normalized spacial score (nSPS) is 16.4. The first-order chi connectivity index (χ1) is 9.26. The summed E-state index contributed by atoms with van der Waals surface area (Å²) in [6, 6.07) is 7.70. The number of ether oxygens (including phenoxy) is 1. The molecule has 0 aliphatic carbocycles. The molecule has 1 aromatic rings. The molecule has 0 unspecified atom stereocenters. The van der Waals surface area contributed by atoms with Crippen molar-refractivity contribution in [3.63, 3.8) is 0 Å². The maximum Gasteiger partial charge on any atom is 0.103 e. The fourth-order valence-corrected chi connectivity index (χ4v) is 2.58. The van der Waals surface area contributed by atoms with Gasteiger partial charge in [-0.25, -0.2) is 0 Å². The monoisotopic (exact) mass is 280 g/mol. The van der Waals surface area contributed by atoms with Gasteiger partial charge in [-0.3, -0.25) is 0 Å². The Balaban J connectivity index is 2.02. The lowest BCUT2D eigenvalue weighted by molar-refractivity contribution is 0.0159. The molecule has 0 spiro atoms. The van der Waals surface area contributed by atoms with Crippen LogP contribution in [0.5, 0.6) is 0 Å². The van der Waals surface area contributed by atoms with Gasteiger partial charge in [-0.2, -0.15) is 5.26 Å². The minimum atomic E-state index is 0.0626. The molecule has 1 aliphatic heterocycles. The molecule has 1 aliphatic rings. The number of rotatable bonds is 4. The van der Waals surface area contributed by atoms with E-state index < -0.39 is 0 Å². The van der Waals surface area contributed by atoms with E-state index in [1.54, 1.807) is 6.07 Å². The van der Waals surface area contributed by atoms with E-state index in [-0.39, 0.29) is 12.7 Å². The Hall–Kier alpha value is -1.28. The predicted molar refractivity (Wildman–Crippen MR) is 74.4 cm³/mol. The molecular formula is C14H17ClN2O2. The first-order valence-electron chi connectivity index (χ1n) is 6.42. The molecule has 0 aromatic heterocycles. The minimum Gasteiger partial charge on any atom is -0.394 e. The molecule has 5 heteroatoms. The highest BCUT2D eigenvalue weighted by molar-refractivity contribution is 6.32. The van der Waals surface area contributed by atoms with Crippen LogP contribution in [0.3, 0.4) is 0 Å². The third-order valence-corrected chi connectivity index (χ3v) is 3.65. The number of aliphatic hydroxyl groups is 1. The molecule has 1 aromatic carbocycles. The number of anilines is 1. The van der Waals surface area contributed by atoms with Gasteiger partial charge in [0.25, 0.3) is 0 Å². The lowest BCUT2D eigenvalue weighted by atomic mass is 10.1.